The van der Waals surface area contributed by atoms with E-state index in [1.54, 1.807) is 0 Å². The molecule has 1 rings (SSSR count). The van der Waals surface area contributed by atoms with Crippen molar-refractivity contribution in [3.63, 3.8) is 0 Å². The number of rotatable bonds is 5. The zero-order chi connectivity index (χ0) is 13.0. The van der Waals surface area contributed by atoms with Gasteiger partial charge in [-0.1, -0.05) is 13.8 Å². The fourth-order valence-electron chi connectivity index (χ4n) is 1.32. The van der Waals surface area contributed by atoms with Crippen molar-refractivity contribution in [3.8, 4) is 0 Å². The van der Waals surface area contributed by atoms with E-state index in [2.05, 4.69) is 10.3 Å². The fourth-order valence-corrected chi connectivity index (χ4v) is 1.32. The van der Waals surface area contributed by atoms with Crippen LogP contribution in [0.2, 0.25) is 0 Å². The van der Waals surface area contributed by atoms with Gasteiger partial charge in [0.1, 0.15) is 5.69 Å². The lowest BCUT2D eigenvalue weighted by molar-refractivity contribution is -0.122. The number of Topliss-reactive ketones (excluding diaryl/α,β-unsaturated/α-hetero) is 1. The minimum atomic E-state index is -0.206. The van der Waals surface area contributed by atoms with Gasteiger partial charge in [-0.15, -0.1) is 0 Å². The Hall–Kier alpha value is -1.65. The van der Waals surface area contributed by atoms with Crippen LogP contribution >= 0.6 is 0 Å². The molecular weight excluding hydrogens is 218 g/mol. The molecule has 94 valence electrons. The summed E-state index contributed by atoms with van der Waals surface area (Å²) in [4.78, 5) is 27.5. The Kier molecular flexibility index (Phi) is 4.43. The Morgan fingerprint density at radius 1 is 1.41 bits per heavy atom. The Bertz CT molecular complexity index is 449. The van der Waals surface area contributed by atoms with E-state index >= 15 is 0 Å². The van der Waals surface area contributed by atoms with Crippen LogP contribution in [-0.4, -0.2) is 21.4 Å². The molecule has 0 fully saturated rings. The van der Waals surface area contributed by atoms with Crippen LogP contribution in [0.4, 0.5) is 5.69 Å². The summed E-state index contributed by atoms with van der Waals surface area (Å²) in [6, 6.07) is 0.154. The summed E-state index contributed by atoms with van der Waals surface area (Å²) >= 11 is 0. The lowest BCUT2D eigenvalue weighted by atomic mass is 10.1. The maximum absolute atomic E-state index is 12.0. The Morgan fingerprint density at radius 2 is 2.06 bits per heavy atom. The molecule has 0 aromatic carbocycles. The molecule has 1 N–H and O–H groups in total. The van der Waals surface area contributed by atoms with E-state index in [4.69, 9.17) is 0 Å². The van der Waals surface area contributed by atoms with Gasteiger partial charge in [-0.2, -0.15) is 0 Å². The lowest BCUT2D eigenvalue weighted by Crippen LogP contribution is -2.29. The molecule has 0 radical (unpaired) electrons. The third-order valence-corrected chi connectivity index (χ3v) is 2.32. The third kappa shape index (κ3) is 3.69. The molecule has 17 heavy (non-hydrogen) atoms. The highest BCUT2D eigenvalue weighted by Crippen LogP contribution is 2.00. The average molecular weight is 237 g/mol. The topological polar surface area (TPSA) is 64.0 Å². The van der Waals surface area contributed by atoms with Gasteiger partial charge in [-0.05, 0) is 13.8 Å². The molecule has 5 nitrogen and oxygen atoms in total. The van der Waals surface area contributed by atoms with Crippen LogP contribution in [0, 0.1) is 5.92 Å². The maximum atomic E-state index is 12.0. The summed E-state index contributed by atoms with van der Waals surface area (Å²) in [5.74, 6) is -0.0563. The lowest BCUT2D eigenvalue weighted by Gasteiger charge is -2.11. The second kappa shape index (κ2) is 5.61. The van der Waals surface area contributed by atoms with E-state index < -0.39 is 0 Å². The minimum absolute atomic E-state index is 0.0237. The molecule has 0 amide bonds. The van der Waals surface area contributed by atoms with E-state index in [0.29, 0.717) is 5.69 Å². The van der Waals surface area contributed by atoms with Crippen molar-refractivity contribution in [3.05, 3.63) is 22.9 Å². The predicted octanol–water partition coefficient (Wildman–Crippen LogP) is 1.29. The Balaban J connectivity index is 2.95. The van der Waals surface area contributed by atoms with Gasteiger partial charge in [-0.3, -0.25) is 14.2 Å². The highest BCUT2D eigenvalue weighted by atomic mass is 16.1. The van der Waals surface area contributed by atoms with E-state index in [1.807, 2.05) is 27.7 Å². The molecule has 5 heteroatoms. The van der Waals surface area contributed by atoms with Crippen molar-refractivity contribution < 1.29 is 4.79 Å². The number of hydrogen-bond donors (Lipinski definition) is 1. The average Bonchev–Trinajstić information content (AvgIpc) is 2.23. The van der Waals surface area contributed by atoms with Crippen LogP contribution in [0.5, 0.6) is 0 Å². The summed E-state index contributed by atoms with van der Waals surface area (Å²) in [6.45, 7) is 7.59. The quantitative estimate of drug-likeness (QED) is 0.838. The monoisotopic (exact) mass is 237 g/mol. The summed E-state index contributed by atoms with van der Waals surface area (Å²) < 4.78 is 1.34. The molecule has 1 aromatic heterocycles. The van der Waals surface area contributed by atoms with Crippen molar-refractivity contribution in [1.29, 1.82) is 0 Å². The summed E-state index contributed by atoms with van der Waals surface area (Å²) in [5.41, 5.74) is 0.224. The predicted molar refractivity (Wildman–Crippen MR) is 67.1 cm³/mol. The standard InChI is InChI=1S/C12H19N3O2/c1-8(2)11(16)6-15-7-13-5-10(12(15)17)14-9(3)4/h5,7-9,14H,6H2,1-4H3. The number of nitrogens with one attached hydrogen (secondary N) is 1. The third-order valence-electron chi connectivity index (χ3n) is 2.32. The highest BCUT2D eigenvalue weighted by molar-refractivity contribution is 5.80. The zero-order valence-electron chi connectivity index (χ0n) is 10.7. The van der Waals surface area contributed by atoms with E-state index in [1.165, 1.54) is 17.1 Å². The number of anilines is 1. The number of nitrogens with zero attached hydrogens (tertiary/aromatic N) is 2. The molecule has 0 aliphatic rings. The molecule has 0 saturated carbocycles. The number of ketones is 1. The van der Waals surface area contributed by atoms with Crippen molar-refractivity contribution in [2.75, 3.05) is 5.32 Å². The van der Waals surface area contributed by atoms with Crippen LogP contribution in [0.25, 0.3) is 0 Å². The summed E-state index contributed by atoms with van der Waals surface area (Å²) in [6.07, 6.45) is 2.88. The number of hydrogen-bond acceptors (Lipinski definition) is 4. The zero-order valence-corrected chi connectivity index (χ0v) is 10.7. The second-order valence-electron chi connectivity index (χ2n) is 4.66. The highest BCUT2D eigenvalue weighted by Gasteiger charge is 2.11. The van der Waals surface area contributed by atoms with Gasteiger partial charge in [0.25, 0.3) is 5.56 Å². The molecule has 0 aliphatic heterocycles. The van der Waals surface area contributed by atoms with Gasteiger partial charge in [0, 0.05) is 12.0 Å². The molecule has 1 aromatic rings. The van der Waals surface area contributed by atoms with E-state index in [-0.39, 0.29) is 29.8 Å². The molecule has 0 unspecified atom stereocenters. The van der Waals surface area contributed by atoms with Crippen LogP contribution < -0.4 is 10.9 Å². The van der Waals surface area contributed by atoms with Gasteiger partial charge in [-0.25, -0.2) is 4.98 Å². The summed E-state index contributed by atoms with van der Waals surface area (Å²) in [5, 5.41) is 3.01. The number of carbonyl (C=O) groups excluding carboxylic acids is 1. The normalized spacial score (nSPS) is 10.9. The van der Waals surface area contributed by atoms with Crippen molar-refractivity contribution in [2.24, 2.45) is 5.92 Å². The fraction of sp³-hybridized carbons (Fsp3) is 0.583. The first-order chi connectivity index (χ1) is 7.91. The molecular formula is C12H19N3O2. The largest absolute Gasteiger partial charge is 0.377 e. The first-order valence-corrected chi connectivity index (χ1v) is 5.75. The van der Waals surface area contributed by atoms with Gasteiger partial charge in [0.15, 0.2) is 5.78 Å². The SMILES string of the molecule is CC(C)Nc1cncn(CC(=O)C(C)C)c1=O. The maximum Gasteiger partial charge on any atom is 0.277 e. The van der Waals surface area contributed by atoms with Crippen molar-refractivity contribution >= 4 is 11.5 Å². The molecule has 0 aliphatic carbocycles. The molecule has 0 atom stereocenters. The van der Waals surface area contributed by atoms with Crippen LogP contribution in [0.1, 0.15) is 27.7 Å². The van der Waals surface area contributed by atoms with E-state index in [9.17, 15) is 9.59 Å². The first-order valence-electron chi connectivity index (χ1n) is 5.75. The van der Waals surface area contributed by atoms with Crippen molar-refractivity contribution in [1.82, 2.24) is 9.55 Å². The van der Waals surface area contributed by atoms with Gasteiger partial charge >= 0.3 is 0 Å². The molecule has 0 saturated heterocycles. The second-order valence-corrected chi connectivity index (χ2v) is 4.66. The first kappa shape index (κ1) is 13.4. The summed E-state index contributed by atoms with van der Waals surface area (Å²) in [7, 11) is 0. The van der Waals surface area contributed by atoms with Crippen LogP contribution in [-0.2, 0) is 11.3 Å². The Morgan fingerprint density at radius 3 is 2.59 bits per heavy atom. The van der Waals surface area contributed by atoms with Gasteiger partial charge < -0.3 is 5.32 Å². The van der Waals surface area contributed by atoms with Gasteiger partial charge in [0.2, 0.25) is 0 Å². The number of carbonyl (C=O) groups is 1. The van der Waals surface area contributed by atoms with Crippen LogP contribution in [0.3, 0.4) is 0 Å². The van der Waals surface area contributed by atoms with Crippen molar-refractivity contribution in [2.45, 2.75) is 40.3 Å². The van der Waals surface area contributed by atoms with E-state index in [0.717, 1.165) is 0 Å². The smallest absolute Gasteiger partial charge is 0.277 e. The Labute approximate surface area is 101 Å². The molecule has 1 heterocycles. The minimum Gasteiger partial charge on any atom is -0.377 e. The molecule has 0 bridgehead atoms. The van der Waals surface area contributed by atoms with Gasteiger partial charge in [0.05, 0.1) is 19.1 Å². The number of aromatic nitrogens is 2. The van der Waals surface area contributed by atoms with Crippen LogP contribution in [0.15, 0.2) is 17.3 Å². The molecule has 0 spiro atoms.